The molecule has 16 heavy (non-hydrogen) atoms. The zero-order valence-electron chi connectivity index (χ0n) is 8.88. The summed E-state index contributed by atoms with van der Waals surface area (Å²) in [5, 5.41) is 17.1. The molecule has 0 aromatic carbocycles. The Morgan fingerprint density at radius 3 is 3.00 bits per heavy atom. The van der Waals surface area contributed by atoms with Crippen molar-refractivity contribution in [1.29, 1.82) is 0 Å². The van der Waals surface area contributed by atoms with Crippen molar-refractivity contribution in [3.8, 4) is 11.3 Å². The molecule has 2 heterocycles. The number of carbonyl (C=O) groups is 1. The van der Waals surface area contributed by atoms with Crippen molar-refractivity contribution in [3.63, 3.8) is 0 Å². The van der Waals surface area contributed by atoms with Crippen LogP contribution < -0.4 is 0 Å². The Labute approximate surface area is 97.2 Å². The average molecular weight is 236 g/mol. The van der Waals surface area contributed by atoms with E-state index in [4.69, 9.17) is 5.11 Å². The van der Waals surface area contributed by atoms with E-state index in [0.29, 0.717) is 0 Å². The molecule has 0 spiro atoms. The highest BCUT2D eigenvalue weighted by Gasteiger charge is 2.10. The zero-order valence-corrected chi connectivity index (χ0v) is 9.70. The van der Waals surface area contributed by atoms with Crippen LogP contribution in [0.15, 0.2) is 22.9 Å². The van der Waals surface area contributed by atoms with Crippen LogP contribution in [0.2, 0.25) is 0 Å². The third kappa shape index (κ3) is 2.14. The Morgan fingerprint density at radius 2 is 2.44 bits per heavy atom. The van der Waals surface area contributed by atoms with Crippen molar-refractivity contribution < 1.29 is 9.90 Å². The van der Waals surface area contributed by atoms with Crippen molar-refractivity contribution in [2.75, 3.05) is 0 Å². The molecule has 0 radical (unpaired) electrons. The van der Waals surface area contributed by atoms with Gasteiger partial charge < -0.3 is 5.11 Å². The van der Waals surface area contributed by atoms with Gasteiger partial charge >= 0.3 is 5.97 Å². The molecule has 1 N–H and O–H groups in total. The molecule has 4 nitrogen and oxygen atoms in total. The quantitative estimate of drug-likeness (QED) is 0.885. The molecule has 0 saturated heterocycles. The predicted octanol–water partition coefficient (Wildman–Crippen LogP) is 2.26. The van der Waals surface area contributed by atoms with Gasteiger partial charge in [0.1, 0.15) is 6.54 Å². The summed E-state index contributed by atoms with van der Waals surface area (Å²) >= 11 is 1.61. The number of rotatable bonds is 4. The van der Waals surface area contributed by atoms with Crippen LogP contribution in [0.3, 0.4) is 0 Å². The molecule has 0 aliphatic rings. The number of aliphatic carboxylic acids is 1. The summed E-state index contributed by atoms with van der Waals surface area (Å²) in [5.74, 6) is -0.866. The zero-order chi connectivity index (χ0) is 11.5. The first-order chi connectivity index (χ1) is 7.70. The van der Waals surface area contributed by atoms with E-state index in [0.717, 1.165) is 23.4 Å². The number of aromatic nitrogens is 2. The lowest BCUT2D eigenvalue weighted by Gasteiger charge is -2.00. The van der Waals surface area contributed by atoms with E-state index in [2.05, 4.69) is 5.10 Å². The highest BCUT2D eigenvalue weighted by molar-refractivity contribution is 7.08. The first-order valence-electron chi connectivity index (χ1n) is 5.01. The first kappa shape index (κ1) is 10.9. The smallest absolute Gasteiger partial charge is 0.325 e. The summed E-state index contributed by atoms with van der Waals surface area (Å²) in [4.78, 5) is 10.7. The fraction of sp³-hybridized carbons (Fsp3) is 0.273. The molecule has 2 aromatic heterocycles. The number of thiophene rings is 1. The standard InChI is InChI=1S/C11H12N2O2S/c1-2-9-5-10(8-3-4-16-7-8)12-13(9)6-11(14)15/h3-5,7H,2,6H2,1H3,(H,14,15). The first-order valence-corrected chi connectivity index (χ1v) is 5.96. The monoisotopic (exact) mass is 236 g/mol. The summed E-state index contributed by atoms with van der Waals surface area (Å²) in [5.41, 5.74) is 2.84. The van der Waals surface area contributed by atoms with Gasteiger partial charge in [-0.2, -0.15) is 16.4 Å². The van der Waals surface area contributed by atoms with Crippen LogP contribution in [0.1, 0.15) is 12.6 Å². The Hall–Kier alpha value is -1.62. The lowest BCUT2D eigenvalue weighted by atomic mass is 10.2. The molecule has 0 bridgehead atoms. The van der Waals surface area contributed by atoms with Gasteiger partial charge in [0, 0.05) is 16.6 Å². The Morgan fingerprint density at radius 1 is 1.62 bits per heavy atom. The predicted molar refractivity (Wildman–Crippen MR) is 62.6 cm³/mol. The summed E-state index contributed by atoms with van der Waals surface area (Å²) in [6.45, 7) is 1.92. The second-order valence-electron chi connectivity index (χ2n) is 3.44. The number of hydrogen-bond acceptors (Lipinski definition) is 3. The summed E-state index contributed by atoms with van der Waals surface area (Å²) < 4.78 is 1.55. The lowest BCUT2D eigenvalue weighted by molar-refractivity contribution is -0.137. The second kappa shape index (κ2) is 4.49. The number of aryl methyl sites for hydroxylation is 1. The van der Waals surface area contributed by atoms with E-state index in [9.17, 15) is 4.79 Å². The largest absolute Gasteiger partial charge is 0.480 e. The number of hydrogen-bond donors (Lipinski definition) is 1. The number of nitrogens with zero attached hydrogens (tertiary/aromatic N) is 2. The van der Waals surface area contributed by atoms with Crippen LogP contribution in [0.5, 0.6) is 0 Å². The van der Waals surface area contributed by atoms with Gasteiger partial charge in [-0.3, -0.25) is 9.48 Å². The molecule has 0 unspecified atom stereocenters. The van der Waals surface area contributed by atoms with Crippen molar-refractivity contribution in [1.82, 2.24) is 9.78 Å². The van der Waals surface area contributed by atoms with E-state index in [-0.39, 0.29) is 6.54 Å². The number of carboxylic acid groups (broad SMARTS) is 1. The maximum atomic E-state index is 10.7. The van der Waals surface area contributed by atoms with Crippen LogP contribution in [0.25, 0.3) is 11.3 Å². The van der Waals surface area contributed by atoms with Crippen LogP contribution in [0, 0.1) is 0 Å². The van der Waals surface area contributed by atoms with Gasteiger partial charge in [-0.25, -0.2) is 0 Å². The van der Waals surface area contributed by atoms with Crippen LogP contribution >= 0.6 is 11.3 Å². The van der Waals surface area contributed by atoms with Crippen molar-refractivity contribution in [2.24, 2.45) is 0 Å². The van der Waals surface area contributed by atoms with Gasteiger partial charge in [-0.1, -0.05) is 6.92 Å². The van der Waals surface area contributed by atoms with Gasteiger partial charge in [0.25, 0.3) is 0 Å². The van der Waals surface area contributed by atoms with Crippen molar-refractivity contribution in [3.05, 3.63) is 28.6 Å². The van der Waals surface area contributed by atoms with Crippen molar-refractivity contribution in [2.45, 2.75) is 19.9 Å². The Bertz CT molecular complexity index is 488. The van der Waals surface area contributed by atoms with Gasteiger partial charge in [0.2, 0.25) is 0 Å². The van der Waals surface area contributed by atoms with Crippen molar-refractivity contribution >= 4 is 17.3 Å². The average Bonchev–Trinajstić information content (AvgIpc) is 2.83. The maximum Gasteiger partial charge on any atom is 0.325 e. The van der Waals surface area contributed by atoms with Crippen LogP contribution in [-0.2, 0) is 17.8 Å². The molecular weight excluding hydrogens is 224 g/mol. The minimum Gasteiger partial charge on any atom is -0.480 e. The SMILES string of the molecule is CCc1cc(-c2ccsc2)nn1CC(=O)O. The molecule has 0 atom stereocenters. The molecule has 2 rings (SSSR count). The van der Waals surface area contributed by atoms with E-state index in [1.54, 1.807) is 16.0 Å². The van der Waals surface area contributed by atoms with E-state index in [1.165, 1.54) is 0 Å². The Kier molecular flexibility index (Phi) is 3.05. The normalized spacial score (nSPS) is 10.6. The summed E-state index contributed by atoms with van der Waals surface area (Å²) in [6.07, 6.45) is 0.782. The third-order valence-corrected chi connectivity index (χ3v) is 3.01. The van der Waals surface area contributed by atoms with E-state index in [1.807, 2.05) is 29.8 Å². The molecule has 0 aliphatic heterocycles. The minimum absolute atomic E-state index is 0.0761. The summed E-state index contributed by atoms with van der Waals surface area (Å²) in [7, 11) is 0. The van der Waals surface area contributed by atoms with Crippen LogP contribution in [0.4, 0.5) is 0 Å². The van der Waals surface area contributed by atoms with E-state index < -0.39 is 5.97 Å². The topological polar surface area (TPSA) is 55.1 Å². The van der Waals surface area contributed by atoms with Gasteiger partial charge in [-0.15, -0.1) is 0 Å². The third-order valence-electron chi connectivity index (χ3n) is 2.33. The second-order valence-corrected chi connectivity index (χ2v) is 4.22. The van der Waals surface area contributed by atoms with E-state index >= 15 is 0 Å². The van der Waals surface area contributed by atoms with Gasteiger partial charge in [0.05, 0.1) is 5.69 Å². The highest BCUT2D eigenvalue weighted by Crippen LogP contribution is 2.21. The molecule has 0 amide bonds. The summed E-state index contributed by atoms with van der Waals surface area (Å²) in [6, 6.07) is 3.93. The molecule has 0 aliphatic carbocycles. The fourth-order valence-corrected chi connectivity index (χ4v) is 2.21. The molecular formula is C11H12N2O2S. The molecule has 0 fully saturated rings. The maximum absolute atomic E-state index is 10.7. The molecule has 84 valence electrons. The minimum atomic E-state index is -0.866. The highest BCUT2D eigenvalue weighted by atomic mass is 32.1. The molecule has 5 heteroatoms. The number of carboxylic acids is 1. The Balaban J connectivity index is 2.36. The molecule has 0 saturated carbocycles. The van der Waals surface area contributed by atoms with Gasteiger partial charge in [-0.05, 0) is 23.9 Å². The fourth-order valence-electron chi connectivity index (χ4n) is 1.56. The van der Waals surface area contributed by atoms with Crippen LogP contribution in [-0.4, -0.2) is 20.9 Å². The van der Waals surface area contributed by atoms with Gasteiger partial charge in [0.15, 0.2) is 0 Å². The molecule has 2 aromatic rings. The lowest BCUT2D eigenvalue weighted by Crippen LogP contribution is -2.12.